The topological polar surface area (TPSA) is 44.5 Å². The average molecular weight is 213 g/mol. The standard InChI is InChI=1S/C12H23NO2/c1-10-4-5-11(15-10)8-14-12(9-13)6-2-3-7-12/h10-11H,2-9,13H2,1H3. The molecule has 0 aromatic carbocycles. The van der Waals surface area contributed by atoms with Crippen molar-refractivity contribution >= 4 is 0 Å². The van der Waals surface area contributed by atoms with Crippen LogP contribution in [0.15, 0.2) is 0 Å². The maximum Gasteiger partial charge on any atom is 0.0813 e. The van der Waals surface area contributed by atoms with E-state index in [0.29, 0.717) is 18.8 Å². The molecule has 3 heteroatoms. The van der Waals surface area contributed by atoms with E-state index in [1.54, 1.807) is 0 Å². The van der Waals surface area contributed by atoms with Gasteiger partial charge in [-0.2, -0.15) is 0 Å². The normalized spacial score (nSPS) is 34.8. The van der Waals surface area contributed by atoms with Crippen molar-refractivity contribution < 1.29 is 9.47 Å². The molecule has 2 unspecified atom stereocenters. The zero-order valence-electron chi connectivity index (χ0n) is 9.71. The fraction of sp³-hybridized carbons (Fsp3) is 1.00. The molecule has 0 bridgehead atoms. The first kappa shape index (κ1) is 11.4. The smallest absolute Gasteiger partial charge is 0.0813 e. The molecule has 0 radical (unpaired) electrons. The van der Waals surface area contributed by atoms with Crippen molar-refractivity contribution in [3.8, 4) is 0 Å². The highest BCUT2D eigenvalue weighted by Crippen LogP contribution is 2.33. The second-order valence-electron chi connectivity index (χ2n) is 5.05. The lowest BCUT2D eigenvalue weighted by Gasteiger charge is -2.29. The van der Waals surface area contributed by atoms with Crippen LogP contribution in [0.1, 0.15) is 45.4 Å². The minimum absolute atomic E-state index is 0.0187. The van der Waals surface area contributed by atoms with Crippen molar-refractivity contribution in [2.45, 2.75) is 63.3 Å². The van der Waals surface area contributed by atoms with E-state index < -0.39 is 0 Å². The van der Waals surface area contributed by atoms with Crippen molar-refractivity contribution in [3.63, 3.8) is 0 Å². The molecule has 3 nitrogen and oxygen atoms in total. The van der Waals surface area contributed by atoms with Crippen molar-refractivity contribution in [1.82, 2.24) is 0 Å². The number of ether oxygens (including phenoxy) is 2. The summed E-state index contributed by atoms with van der Waals surface area (Å²) in [5.74, 6) is 0. The number of hydrogen-bond acceptors (Lipinski definition) is 3. The van der Waals surface area contributed by atoms with E-state index in [0.717, 1.165) is 25.9 Å². The van der Waals surface area contributed by atoms with Gasteiger partial charge < -0.3 is 15.2 Å². The third-order valence-corrected chi connectivity index (χ3v) is 3.78. The van der Waals surface area contributed by atoms with E-state index in [9.17, 15) is 0 Å². The van der Waals surface area contributed by atoms with Gasteiger partial charge in [0.25, 0.3) is 0 Å². The van der Waals surface area contributed by atoms with Crippen LogP contribution in [0.5, 0.6) is 0 Å². The Labute approximate surface area is 92.3 Å². The first-order chi connectivity index (χ1) is 7.24. The van der Waals surface area contributed by atoms with Gasteiger partial charge in [-0.3, -0.25) is 0 Å². The summed E-state index contributed by atoms with van der Waals surface area (Å²) in [5, 5.41) is 0. The van der Waals surface area contributed by atoms with Gasteiger partial charge in [0.2, 0.25) is 0 Å². The molecule has 1 saturated carbocycles. The first-order valence-electron chi connectivity index (χ1n) is 6.24. The summed E-state index contributed by atoms with van der Waals surface area (Å²) < 4.78 is 11.8. The molecule has 88 valence electrons. The van der Waals surface area contributed by atoms with Gasteiger partial charge in [-0.25, -0.2) is 0 Å². The van der Waals surface area contributed by atoms with Crippen LogP contribution >= 0.6 is 0 Å². The maximum atomic E-state index is 6.02. The average Bonchev–Trinajstić information content (AvgIpc) is 2.85. The molecule has 1 aliphatic heterocycles. The summed E-state index contributed by atoms with van der Waals surface area (Å²) >= 11 is 0. The molecular formula is C12H23NO2. The van der Waals surface area contributed by atoms with Crippen LogP contribution < -0.4 is 5.73 Å². The molecule has 2 atom stereocenters. The molecule has 1 saturated heterocycles. The Hall–Kier alpha value is -0.120. The molecule has 2 rings (SSSR count). The molecule has 2 fully saturated rings. The lowest BCUT2D eigenvalue weighted by atomic mass is 10.0. The lowest BCUT2D eigenvalue weighted by molar-refractivity contribution is -0.0843. The molecule has 2 aliphatic rings. The van der Waals surface area contributed by atoms with Crippen LogP contribution in [0.25, 0.3) is 0 Å². The molecule has 1 heterocycles. The Balaban J connectivity index is 1.76. The van der Waals surface area contributed by atoms with E-state index in [1.165, 1.54) is 19.3 Å². The zero-order chi connectivity index (χ0) is 10.7. The third-order valence-electron chi connectivity index (χ3n) is 3.78. The molecular weight excluding hydrogens is 190 g/mol. The van der Waals surface area contributed by atoms with Crippen LogP contribution in [0, 0.1) is 0 Å². The summed E-state index contributed by atoms with van der Waals surface area (Å²) in [5.41, 5.74) is 5.80. The van der Waals surface area contributed by atoms with Crippen molar-refractivity contribution in [1.29, 1.82) is 0 Å². The largest absolute Gasteiger partial charge is 0.373 e. The maximum absolute atomic E-state index is 6.02. The summed E-state index contributed by atoms with van der Waals surface area (Å²) in [4.78, 5) is 0. The Morgan fingerprint density at radius 3 is 2.60 bits per heavy atom. The monoisotopic (exact) mass is 213 g/mol. The molecule has 0 aromatic heterocycles. The summed E-state index contributed by atoms with van der Waals surface area (Å²) in [7, 11) is 0. The van der Waals surface area contributed by atoms with Gasteiger partial charge in [0.1, 0.15) is 0 Å². The highest BCUT2D eigenvalue weighted by molar-refractivity contribution is 4.88. The molecule has 0 aromatic rings. The van der Waals surface area contributed by atoms with Gasteiger partial charge >= 0.3 is 0 Å². The predicted molar refractivity (Wildman–Crippen MR) is 59.8 cm³/mol. The van der Waals surface area contributed by atoms with Gasteiger partial charge in [-0.15, -0.1) is 0 Å². The number of nitrogens with two attached hydrogens (primary N) is 1. The Morgan fingerprint density at radius 1 is 1.33 bits per heavy atom. The van der Waals surface area contributed by atoms with Crippen molar-refractivity contribution in [2.24, 2.45) is 5.73 Å². The molecule has 1 aliphatic carbocycles. The van der Waals surface area contributed by atoms with Crippen LogP contribution in [0.2, 0.25) is 0 Å². The zero-order valence-corrected chi connectivity index (χ0v) is 9.71. The van der Waals surface area contributed by atoms with E-state index >= 15 is 0 Å². The van der Waals surface area contributed by atoms with E-state index in [4.69, 9.17) is 15.2 Å². The van der Waals surface area contributed by atoms with Crippen molar-refractivity contribution in [3.05, 3.63) is 0 Å². The molecule has 0 amide bonds. The predicted octanol–water partition coefficient (Wildman–Crippen LogP) is 1.84. The second-order valence-corrected chi connectivity index (χ2v) is 5.05. The minimum Gasteiger partial charge on any atom is -0.373 e. The quantitative estimate of drug-likeness (QED) is 0.775. The van der Waals surface area contributed by atoms with Crippen LogP contribution in [0.3, 0.4) is 0 Å². The van der Waals surface area contributed by atoms with Crippen LogP contribution in [-0.2, 0) is 9.47 Å². The third kappa shape index (κ3) is 2.71. The minimum atomic E-state index is -0.0187. The molecule has 0 spiro atoms. The van der Waals surface area contributed by atoms with Crippen molar-refractivity contribution in [2.75, 3.05) is 13.2 Å². The number of rotatable bonds is 4. The second kappa shape index (κ2) is 4.81. The van der Waals surface area contributed by atoms with Gasteiger partial charge in [0, 0.05) is 6.54 Å². The Bertz CT molecular complexity index is 202. The lowest BCUT2D eigenvalue weighted by Crippen LogP contribution is -2.40. The summed E-state index contributed by atoms with van der Waals surface area (Å²) in [6, 6.07) is 0. The Morgan fingerprint density at radius 2 is 2.07 bits per heavy atom. The highest BCUT2D eigenvalue weighted by atomic mass is 16.6. The van der Waals surface area contributed by atoms with Crippen LogP contribution in [0.4, 0.5) is 0 Å². The molecule has 15 heavy (non-hydrogen) atoms. The van der Waals surface area contributed by atoms with Gasteiger partial charge in [0.15, 0.2) is 0 Å². The number of hydrogen-bond donors (Lipinski definition) is 1. The Kier molecular flexibility index (Phi) is 3.65. The fourth-order valence-corrected chi connectivity index (χ4v) is 2.70. The fourth-order valence-electron chi connectivity index (χ4n) is 2.70. The SMILES string of the molecule is CC1CCC(COC2(CN)CCCC2)O1. The van der Waals surface area contributed by atoms with Gasteiger partial charge in [-0.05, 0) is 32.6 Å². The van der Waals surface area contributed by atoms with Gasteiger partial charge in [0.05, 0.1) is 24.4 Å². The van der Waals surface area contributed by atoms with E-state index in [2.05, 4.69) is 6.92 Å². The van der Waals surface area contributed by atoms with Gasteiger partial charge in [-0.1, -0.05) is 12.8 Å². The molecule has 2 N–H and O–H groups in total. The van der Waals surface area contributed by atoms with E-state index in [1.807, 2.05) is 0 Å². The first-order valence-corrected chi connectivity index (χ1v) is 6.24. The van der Waals surface area contributed by atoms with Crippen LogP contribution in [-0.4, -0.2) is 31.0 Å². The summed E-state index contributed by atoms with van der Waals surface area (Å²) in [6.07, 6.45) is 7.82. The summed E-state index contributed by atoms with van der Waals surface area (Å²) in [6.45, 7) is 3.53. The highest BCUT2D eigenvalue weighted by Gasteiger charge is 2.35. The van der Waals surface area contributed by atoms with E-state index in [-0.39, 0.29) is 5.60 Å².